The Kier molecular flexibility index (Phi) is 4.09. The Hall–Kier alpha value is -2.14. The van der Waals surface area contributed by atoms with Gasteiger partial charge in [-0.15, -0.1) is 0 Å². The van der Waals surface area contributed by atoms with Crippen LogP contribution in [0.2, 0.25) is 0 Å². The van der Waals surface area contributed by atoms with Gasteiger partial charge < -0.3 is 15.6 Å². The maximum absolute atomic E-state index is 11.7. The predicted molar refractivity (Wildman–Crippen MR) is 71.4 cm³/mol. The molecule has 0 saturated carbocycles. The predicted octanol–water partition coefficient (Wildman–Crippen LogP) is 0.735. The van der Waals surface area contributed by atoms with E-state index in [9.17, 15) is 4.79 Å². The number of H-pyrrole nitrogens is 1. The van der Waals surface area contributed by atoms with E-state index in [4.69, 9.17) is 5.73 Å². The van der Waals surface area contributed by atoms with Crippen LogP contribution < -0.4 is 16.2 Å². The van der Waals surface area contributed by atoms with E-state index < -0.39 is 0 Å². The monoisotopic (exact) mass is 244 g/mol. The van der Waals surface area contributed by atoms with Crippen LogP contribution in [0.1, 0.15) is 5.56 Å². The van der Waals surface area contributed by atoms with Crippen molar-refractivity contribution in [2.75, 3.05) is 18.0 Å². The summed E-state index contributed by atoms with van der Waals surface area (Å²) >= 11 is 0. The Balaban J connectivity index is 2.24. The van der Waals surface area contributed by atoms with Crippen molar-refractivity contribution in [2.24, 2.45) is 5.73 Å². The van der Waals surface area contributed by atoms with E-state index in [1.807, 2.05) is 35.2 Å². The molecule has 1 aromatic carbocycles. The fourth-order valence-corrected chi connectivity index (χ4v) is 1.79. The summed E-state index contributed by atoms with van der Waals surface area (Å²) in [5.41, 5.74) is 6.52. The zero-order valence-electron chi connectivity index (χ0n) is 10.0. The van der Waals surface area contributed by atoms with Crippen LogP contribution >= 0.6 is 0 Å². The van der Waals surface area contributed by atoms with E-state index in [1.54, 1.807) is 6.20 Å². The highest BCUT2D eigenvalue weighted by Gasteiger charge is 2.11. The molecular formula is C13H16N4O. The second kappa shape index (κ2) is 5.97. The Morgan fingerprint density at radius 1 is 1.28 bits per heavy atom. The quantitative estimate of drug-likeness (QED) is 0.813. The van der Waals surface area contributed by atoms with E-state index in [0.29, 0.717) is 25.5 Å². The van der Waals surface area contributed by atoms with E-state index in [0.717, 1.165) is 5.56 Å². The van der Waals surface area contributed by atoms with Crippen molar-refractivity contribution >= 4 is 5.82 Å². The topological polar surface area (TPSA) is 75.0 Å². The summed E-state index contributed by atoms with van der Waals surface area (Å²) in [5.74, 6) is 0.409. The molecule has 0 aliphatic carbocycles. The first kappa shape index (κ1) is 12.3. The lowest BCUT2D eigenvalue weighted by Gasteiger charge is -2.21. The lowest BCUT2D eigenvalue weighted by atomic mass is 10.2. The molecule has 94 valence electrons. The van der Waals surface area contributed by atoms with Gasteiger partial charge in [0.1, 0.15) is 0 Å². The second-order valence-corrected chi connectivity index (χ2v) is 3.94. The fraction of sp³-hybridized carbons (Fsp3) is 0.231. The molecule has 0 radical (unpaired) electrons. The first-order valence-corrected chi connectivity index (χ1v) is 5.84. The highest BCUT2D eigenvalue weighted by atomic mass is 16.1. The van der Waals surface area contributed by atoms with Crippen LogP contribution in [-0.4, -0.2) is 23.1 Å². The molecule has 5 nitrogen and oxygen atoms in total. The van der Waals surface area contributed by atoms with Crippen molar-refractivity contribution in [3.8, 4) is 0 Å². The largest absolute Gasteiger partial charge is 0.346 e. The van der Waals surface area contributed by atoms with Crippen LogP contribution in [0.4, 0.5) is 5.82 Å². The second-order valence-electron chi connectivity index (χ2n) is 3.94. The molecule has 18 heavy (non-hydrogen) atoms. The van der Waals surface area contributed by atoms with Gasteiger partial charge in [-0.05, 0) is 5.56 Å². The molecule has 0 saturated heterocycles. The molecule has 5 heteroatoms. The number of benzene rings is 1. The number of hydrogen-bond donors (Lipinski definition) is 2. The van der Waals surface area contributed by atoms with Crippen LogP contribution in [-0.2, 0) is 6.54 Å². The van der Waals surface area contributed by atoms with Crippen LogP contribution in [0.15, 0.2) is 47.5 Å². The molecule has 0 aliphatic heterocycles. The number of aromatic amines is 1. The SMILES string of the molecule is NCCN(Cc1ccccc1)c1ncc[nH]c1=O. The van der Waals surface area contributed by atoms with Crippen LogP contribution in [0.25, 0.3) is 0 Å². The highest BCUT2D eigenvalue weighted by Crippen LogP contribution is 2.09. The Labute approximate surface area is 105 Å². The number of aromatic nitrogens is 2. The summed E-state index contributed by atoms with van der Waals surface area (Å²) in [6.45, 7) is 1.69. The van der Waals surface area contributed by atoms with Crippen LogP contribution in [0, 0.1) is 0 Å². The van der Waals surface area contributed by atoms with E-state index in [2.05, 4.69) is 9.97 Å². The first-order valence-electron chi connectivity index (χ1n) is 5.84. The van der Waals surface area contributed by atoms with E-state index >= 15 is 0 Å². The zero-order valence-corrected chi connectivity index (χ0v) is 10.0. The van der Waals surface area contributed by atoms with Crippen molar-refractivity contribution < 1.29 is 0 Å². The molecule has 0 unspecified atom stereocenters. The van der Waals surface area contributed by atoms with E-state index in [1.165, 1.54) is 6.20 Å². The molecule has 2 rings (SSSR count). The molecule has 0 aliphatic rings. The third kappa shape index (κ3) is 2.95. The van der Waals surface area contributed by atoms with Crippen molar-refractivity contribution in [1.82, 2.24) is 9.97 Å². The Bertz CT molecular complexity index is 538. The average molecular weight is 244 g/mol. The average Bonchev–Trinajstić information content (AvgIpc) is 2.40. The zero-order chi connectivity index (χ0) is 12.8. The maximum atomic E-state index is 11.7. The number of nitrogens with two attached hydrogens (primary N) is 1. The summed E-state index contributed by atoms with van der Waals surface area (Å²) in [7, 11) is 0. The molecule has 0 atom stereocenters. The summed E-state index contributed by atoms with van der Waals surface area (Å²) in [5, 5.41) is 0. The summed E-state index contributed by atoms with van der Waals surface area (Å²) in [4.78, 5) is 20.4. The Morgan fingerprint density at radius 2 is 2.06 bits per heavy atom. The van der Waals surface area contributed by atoms with Gasteiger partial charge in [0.25, 0.3) is 5.56 Å². The first-order chi connectivity index (χ1) is 8.81. The number of nitrogens with one attached hydrogen (secondary N) is 1. The van der Waals surface area contributed by atoms with Gasteiger partial charge in [0, 0.05) is 32.0 Å². The van der Waals surface area contributed by atoms with Gasteiger partial charge >= 0.3 is 0 Å². The molecule has 0 fully saturated rings. The van der Waals surface area contributed by atoms with Crippen molar-refractivity contribution in [2.45, 2.75) is 6.54 Å². The lowest BCUT2D eigenvalue weighted by molar-refractivity contribution is 0.767. The molecule has 0 spiro atoms. The van der Waals surface area contributed by atoms with Gasteiger partial charge in [-0.1, -0.05) is 30.3 Å². The van der Waals surface area contributed by atoms with Gasteiger partial charge in [0.15, 0.2) is 5.82 Å². The normalized spacial score (nSPS) is 10.3. The third-order valence-electron chi connectivity index (χ3n) is 2.60. The molecule has 1 aromatic heterocycles. The van der Waals surface area contributed by atoms with Crippen LogP contribution in [0.3, 0.4) is 0 Å². The van der Waals surface area contributed by atoms with E-state index in [-0.39, 0.29) is 5.56 Å². The molecule has 3 N–H and O–H groups in total. The van der Waals surface area contributed by atoms with Crippen molar-refractivity contribution in [3.63, 3.8) is 0 Å². The lowest BCUT2D eigenvalue weighted by Crippen LogP contribution is -2.34. The van der Waals surface area contributed by atoms with Crippen LogP contribution in [0.5, 0.6) is 0 Å². The number of rotatable bonds is 5. The van der Waals surface area contributed by atoms with Gasteiger partial charge in [-0.3, -0.25) is 4.79 Å². The summed E-state index contributed by atoms with van der Waals surface area (Å²) in [6, 6.07) is 9.93. The fourth-order valence-electron chi connectivity index (χ4n) is 1.79. The number of nitrogens with zero attached hydrogens (tertiary/aromatic N) is 2. The number of hydrogen-bond acceptors (Lipinski definition) is 4. The standard InChI is InChI=1S/C13H16N4O/c14-6-9-17(10-11-4-2-1-3-5-11)12-13(18)16-8-7-15-12/h1-5,7-8H,6,9-10,14H2,(H,16,18). The van der Waals surface area contributed by atoms with Gasteiger partial charge in [0.05, 0.1) is 0 Å². The minimum absolute atomic E-state index is 0.193. The molecule has 2 aromatic rings. The summed E-state index contributed by atoms with van der Waals surface area (Å²) in [6.07, 6.45) is 3.10. The van der Waals surface area contributed by atoms with Gasteiger partial charge in [-0.2, -0.15) is 0 Å². The Morgan fingerprint density at radius 3 is 2.72 bits per heavy atom. The van der Waals surface area contributed by atoms with Gasteiger partial charge in [0.2, 0.25) is 0 Å². The molecule has 0 bridgehead atoms. The number of anilines is 1. The molecule has 0 amide bonds. The molecular weight excluding hydrogens is 228 g/mol. The third-order valence-corrected chi connectivity index (χ3v) is 2.60. The maximum Gasteiger partial charge on any atom is 0.290 e. The van der Waals surface area contributed by atoms with Crippen molar-refractivity contribution in [3.05, 3.63) is 58.6 Å². The minimum Gasteiger partial charge on any atom is -0.346 e. The van der Waals surface area contributed by atoms with Gasteiger partial charge in [-0.25, -0.2) is 4.98 Å². The molecule has 1 heterocycles. The highest BCUT2D eigenvalue weighted by molar-refractivity contribution is 5.36. The smallest absolute Gasteiger partial charge is 0.290 e. The van der Waals surface area contributed by atoms with Crippen molar-refractivity contribution in [1.29, 1.82) is 0 Å². The summed E-state index contributed by atoms with van der Waals surface area (Å²) < 4.78 is 0. The minimum atomic E-state index is -0.193.